The molecule has 0 atom stereocenters. The third-order valence-corrected chi connectivity index (χ3v) is 5.44. The van der Waals surface area contributed by atoms with Crippen molar-refractivity contribution in [1.82, 2.24) is 4.90 Å². The molecule has 0 aromatic heterocycles. The van der Waals surface area contributed by atoms with E-state index in [1.165, 1.54) is 0 Å². The molecule has 0 bridgehead atoms. The summed E-state index contributed by atoms with van der Waals surface area (Å²) in [7, 11) is 3.83. The summed E-state index contributed by atoms with van der Waals surface area (Å²) in [6, 6.07) is 16.5. The van der Waals surface area contributed by atoms with Crippen LogP contribution in [0.4, 0.5) is 5.69 Å². The molecule has 0 radical (unpaired) electrons. The Bertz CT molecular complexity index is 843. The van der Waals surface area contributed by atoms with Crippen molar-refractivity contribution in [3.63, 3.8) is 0 Å². The monoisotopic (exact) mass is 554 g/mol. The Morgan fingerprint density at radius 3 is 2.75 bits per heavy atom. The van der Waals surface area contributed by atoms with E-state index in [1.54, 1.807) is 7.11 Å². The van der Waals surface area contributed by atoms with Crippen molar-refractivity contribution in [3.8, 4) is 5.75 Å². The lowest BCUT2D eigenvalue weighted by Crippen LogP contribution is -2.38. The van der Waals surface area contributed by atoms with Crippen LogP contribution in [0.25, 0.3) is 0 Å². The van der Waals surface area contributed by atoms with Gasteiger partial charge < -0.3 is 25.3 Å². The number of likely N-dealkylation sites (N-methyl/N-ethyl adjacent to an activating group) is 1. The van der Waals surface area contributed by atoms with E-state index in [4.69, 9.17) is 19.9 Å². The summed E-state index contributed by atoms with van der Waals surface area (Å²) in [6.07, 6.45) is 2.19. The van der Waals surface area contributed by atoms with Gasteiger partial charge in [0.1, 0.15) is 12.4 Å². The zero-order valence-electron chi connectivity index (χ0n) is 19.0. The molecule has 0 unspecified atom stereocenters. The third-order valence-electron chi connectivity index (χ3n) is 5.44. The number of nitrogens with zero attached hydrogens (tertiary/aromatic N) is 2. The number of ether oxygens (including phenoxy) is 3. The molecular weight excluding hydrogens is 519 g/mol. The number of rotatable bonds is 10. The number of hydrogen-bond acceptors (Lipinski definition) is 5. The quantitative estimate of drug-likeness (QED) is 0.264. The molecular formula is C24H35IN4O3. The zero-order valence-corrected chi connectivity index (χ0v) is 21.3. The molecule has 1 heterocycles. The number of nitrogens with one attached hydrogen (secondary N) is 1. The number of guanidine groups is 1. The van der Waals surface area contributed by atoms with Crippen molar-refractivity contribution in [2.75, 3.05) is 45.8 Å². The number of para-hydroxylation sites is 1. The number of nitrogens with two attached hydrogens (primary N) is 1. The molecule has 0 saturated carbocycles. The second kappa shape index (κ2) is 14.3. The van der Waals surface area contributed by atoms with Crippen molar-refractivity contribution in [1.29, 1.82) is 0 Å². The molecule has 3 N–H and O–H groups in total. The number of halogens is 1. The normalized spacial score (nSPS) is 14.8. The van der Waals surface area contributed by atoms with E-state index in [0.717, 1.165) is 55.2 Å². The number of hydrogen-bond donors (Lipinski definition) is 2. The van der Waals surface area contributed by atoms with E-state index < -0.39 is 0 Å². The average molecular weight is 554 g/mol. The molecule has 3 rings (SSSR count). The predicted molar refractivity (Wildman–Crippen MR) is 140 cm³/mol. The molecule has 1 aliphatic heterocycles. The summed E-state index contributed by atoms with van der Waals surface area (Å²) in [5.41, 5.74) is 9.07. The van der Waals surface area contributed by atoms with Crippen molar-refractivity contribution < 1.29 is 14.2 Å². The maximum absolute atomic E-state index is 6.09. The number of methoxy groups -OCH3 is 1. The average Bonchev–Trinajstić information content (AvgIpc) is 2.80. The minimum Gasteiger partial charge on any atom is -0.492 e. The van der Waals surface area contributed by atoms with Gasteiger partial charge in [-0.15, -0.1) is 24.0 Å². The minimum absolute atomic E-state index is 0. The van der Waals surface area contributed by atoms with Crippen LogP contribution in [0, 0.1) is 0 Å². The second-order valence-corrected chi connectivity index (χ2v) is 7.74. The lowest BCUT2D eigenvalue weighted by atomic mass is 10.1. The van der Waals surface area contributed by atoms with Gasteiger partial charge in [0.2, 0.25) is 0 Å². The molecule has 0 aliphatic carbocycles. The molecule has 0 spiro atoms. The molecule has 2 aromatic rings. The standard InChI is InChI=1S/C24H34N4O3.HI/c1-28(21-10-13-30-14-11-21)12-15-31-22-8-5-6-19(16-22)17-26-24(25)27-23-9-4-3-7-20(23)18-29-2;/h3-9,16,21H,10-15,17-18H2,1-2H3,(H3,25,26,27);1H. The first-order valence-corrected chi connectivity index (χ1v) is 10.8. The highest BCUT2D eigenvalue weighted by atomic mass is 127. The molecule has 7 nitrogen and oxygen atoms in total. The Hall–Kier alpha value is -1.88. The van der Waals surface area contributed by atoms with Crippen molar-refractivity contribution >= 4 is 35.6 Å². The van der Waals surface area contributed by atoms with Crippen LogP contribution in [0.3, 0.4) is 0 Å². The number of aliphatic imine (C=N–C) groups is 1. The highest BCUT2D eigenvalue weighted by Gasteiger charge is 2.17. The van der Waals surface area contributed by atoms with Crippen LogP contribution in [0.5, 0.6) is 5.75 Å². The molecule has 2 aromatic carbocycles. The Morgan fingerprint density at radius 1 is 1.19 bits per heavy atom. The van der Waals surface area contributed by atoms with E-state index >= 15 is 0 Å². The summed E-state index contributed by atoms with van der Waals surface area (Å²) < 4.78 is 16.6. The number of benzene rings is 2. The molecule has 176 valence electrons. The van der Waals surface area contributed by atoms with Gasteiger partial charge >= 0.3 is 0 Å². The van der Waals surface area contributed by atoms with Gasteiger partial charge in [0.25, 0.3) is 0 Å². The van der Waals surface area contributed by atoms with Crippen molar-refractivity contribution in [2.45, 2.75) is 32.0 Å². The third kappa shape index (κ3) is 8.57. The molecule has 1 saturated heterocycles. The largest absolute Gasteiger partial charge is 0.492 e. The van der Waals surface area contributed by atoms with Crippen LogP contribution in [-0.2, 0) is 22.6 Å². The fourth-order valence-corrected chi connectivity index (χ4v) is 3.63. The first kappa shape index (κ1) is 26.4. The summed E-state index contributed by atoms with van der Waals surface area (Å²) in [5, 5.41) is 3.16. The predicted octanol–water partition coefficient (Wildman–Crippen LogP) is 3.87. The summed E-state index contributed by atoms with van der Waals surface area (Å²) in [4.78, 5) is 6.83. The Balaban J connectivity index is 0.00000363. The van der Waals surface area contributed by atoms with Crippen LogP contribution in [0.2, 0.25) is 0 Å². The smallest absolute Gasteiger partial charge is 0.193 e. The van der Waals surface area contributed by atoms with Crippen LogP contribution >= 0.6 is 24.0 Å². The van der Waals surface area contributed by atoms with Gasteiger partial charge in [-0.3, -0.25) is 4.90 Å². The lowest BCUT2D eigenvalue weighted by Gasteiger charge is -2.31. The summed E-state index contributed by atoms with van der Waals surface area (Å²) in [6.45, 7) is 4.25. The van der Waals surface area contributed by atoms with Crippen molar-refractivity contribution in [3.05, 3.63) is 59.7 Å². The SMILES string of the molecule is COCc1ccccc1NC(N)=NCc1cccc(OCCN(C)C2CCOCC2)c1.I. The van der Waals surface area contributed by atoms with Gasteiger partial charge in [-0.05, 0) is 43.7 Å². The van der Waals surface area contributed by atoms with E-state index in [1.807, 2.05) is 48.5 Å². The van der Waals surface area contributed by atoms with Gasteiger partial charge in [0, 0.05) is 44.2 Å². The lowest BCUT2D eigenvalue weighted by molar-refractivity contribution is 0.0392. The molecule has 8 heteroatoms. The Labute approximate surface area is 208 Å². The van der Waals surface area contributed by atoms with Crippen LogP contribution in [0.15, 0.2) is 53.5 Å². The van der Waals surface area contributed by atoms with E-state index in [9.17, 15) is 0 Å². The molecule has 32 heavy (non-hydrogen) atoms. The van der Waals surface area contributed by atoms with E-state index in [-0.39, 0.29) is 24.0 Å². The summed E-state index contributed by atoms with van der Waals surface area (Å²) >= 11 is 0. The molecule has 1 fully saturated rings. The van der Waals surface area contributed by atoms with Gasteiger partial charge in [-0.25, -0.2) is 4.99 Å². The van der Waals surface area contributed by atoms with Crippen LogP contribution in [0.1, 0.15) is 24.0 Å². The second-order valence-electron chi connectivity index (χ2n) is 7.74. The van der Waals surface area contributed by atoms with Gasteiger partial charge in [0.05, 0.1) is 13.2 Å². The summed E-state index contributed by atoms with van der Waals surface area (Å²) in [5.74, 6) is 1.22. The van der Waals surface area contributed by atoms with Gasteiger partial charge in [-0.2, -0.15) is 0 Å². The van der Waals surface area contributed by atoms with E-state index in [2.05, 4.69) is 22.3 Å². The van der Waals surface area contributed by atoms with Gasteiger partial charge in [0.15, 0.2) is 5.96 Å². The van der Waals surface area contributed by atoms with E-state index in [0.29, 0.717) is 31.8 Å². The van der Waals surface area contributed by atoms with Crippen LogP contribution < -0.4 is 15.8 Å². The maximum atomic E-state index is 6.09. The first-order valence-electron chi connectivity index (χ1n) is 10.8. The highest BCUT2D eigenvalue weighted by molar-refractivity contribution is 14.0. The number of anilines is 1. The molecule has 0 amide bonds. The molecule has 1 aliphatic rings. The topological polar surface area (TPSA) is 81.3 Å². The van der Waals surface area contributed by atoms with Crippen LogP contribution in [-0.4, -0.2) is 57.4 Å². The fraction of sp³-hybridized carbons (Fsp3) is 0.458. The zero-order chi connectivity index (χ0) is 21.9. The Morgan fingerprint density at radius 2 is 1.97 bits per heavy atom. The van der Waals surface area contributed by atoms with Crippen molar-refractivity contribution in [2.24, 2.45) is 10.7 Å². The Kier molecular flexibility index (Phi) is 11.8. The highest BCUT2D eigenvalue weighted by Crippen LogP contribution is 2.17. The first-order chi connectivity index (χ1) is 15.2. The van der Waals surface area contributed by atoms with Gasteiger partial charge in [-0.1, -0.05) is 30.3 Å². The minimum atomic E-state index is 0. The fourth-order valence-electron chi connectivity index (χ4n) is 3.63. The maximum Gasteiger partial charge on any atom is 0.193 e.